The zero-order valence-electron chi connectivity index (χ0n) is 10.0. The van der Waals surface area contributed by atoms with Crippen molar-refractivity contribution in [1.82, 2.24) is 9.99 Å². The van der Waals surface area contributed by atoms with Gasteiger partial charge in [-0.1, -0.05) is 0 Å². The average Bonchev–Trinajstić information content (AvgIpc) is 2.30. The average molecular weight is 254 g/mol. The number of pyridine rings is 1. The Bertz CT molecular complexity index is 535. The van der Waals surface area contributed by atoms with Crippen LogP contribution in [0.15, 0.2) is 23.1 Å². The molecule has 0 saturated heterocycles. The van der Waals surface area contributed by atoms with Crippen molar-refractivity contribution in [2.24, 2.45) is 11.3 Å². The van der Waals surface area contributed by atoms with E-state index in [1.54, 1.807) is 13.8 Å². The molecule has 0 aliphatic heterocycles. The molecule has 0 atom stereocenters. The Labute approximate surface area is 103 Å². The van der Waals surface area contributed by atoms with E-state index in [1.807, 2.05) is 5.43 Å². The van der Waals surface area contributed by atoms with E-state index in [0.717, 1.165) is 10.6 Å². The van der Waals surface area contributed by atoms with Crippen molar-refractivity contribution in [2.75, 3.05) is 0 Å². The van der Waals surface area contributed by atoms with Crippen molar-refractivity contribution in [3.05, 3.63) is 38.8 Å². The fraction of sp³-hybridized carbons (Fsp3) is 0.400. The molecule has 1 heterocycles. The third-order valence-electron chi connectivity index (χ3n) is 2.51. The van der Waals surface area contributed by atoms with Gasteiger partial charge in [0.05, 0.1) is 10.3 Å². The Kier molecular flexibility index (Phi) is 3.82. The third-order valence-corrected chi connectivity index (χ3v) is 2.51. The molecule has 8 nitrogen and oxygen atoms in total. The van der Waals surface area contributed by atoms with E-state index in [2.05, 4.69) is 0 Å². The van der Waals surface area contributed by atoms with Gasteiger partial charge in [0.1, 0.15) is 0 Å². The van der Waals surface area contributed by atoms with Gasteiger partial charge in [-0.3, -0.25) is 25.1 Å². The third kappa shape index (κ3) is 2.72. The van der Waals surface area contributed by atoms with Crippen LogP contribution < -0.4 is 16.8 Å². The van der Waals surface area contributed by atoms with E-state index < -0.39 is 27.5 Å². The van der Waals surface area contributed by atoms with Gasteiger partial charge in [0, 0.05) is 18.8 Å². The fourth-order valence-corrected chi connectivity index (χ4v) is 1.48. The van der Waals surface area contributed by atoms with Crippen LogP contribution in [-0.4, -0.2) is 15.4 Å². The number of nitrogens with zero attached hydrogens (tertiary/aromatic N) is 2. The van der Waals surface area contributed by atoms with Crippen LogP contribution in [0.4, 0.5) is 5.69 Å². The second-order valence-corrected chi connectivity index (χ2v) is 4.44. The van der Waals surface area contributed by atoms with Crippen LogP contribution in [0, 0.1) is 15.5 Å². The zero-order valence-corrected chi connectivity index (χ0v) is 10.0. The van der Waals surface area contributed by atoms with Crippen LogP contribution in [0.5, 0.6) is 0 Å². The number of rotatable bonds is 4. The second kappa shape index (κ2) is 4.96. The molecule has 98 valence electrons. The summed E-state index contributed by atoms with van der Waals surface area (Å²) in [6.45, 7) is 3.16. The number of carbonyl (C=O) groups excluding carboxylic acids is 1. The molecule has 1 amide bonds. The number of hydrogen-bond acceptors (Lipinski definition) is 5. The molecule has 0 unspecified atom stereocenters. The minimum Gasteiger partial charge on any atom is -0.309 e. The molecular weight excluding hydrogens is 240 g/mol. The van der Waals surface area contributed by atoms with Crippen LogP contribution in [0.2, 0.25) is 0 Å². The van der Waals surface area contributed by atoms with Gasteiger partial charge >= 0.3 is 11.2 Å². The van der Waals surface area contributed by atoms with E-state index in [4.69, 9.17) is 5.84 Å². The minimum atomic E-state index is -0.951. The topological polar surface area (TPSA) is 120 Å². The van der Waals surface area contributed by atoms with Gasteiger partial charge in [0.25, 0.3) is 0 Å². The lowest BCUT2D eigenvalue weighted by atomic mass is 9.92. The number of carbonyl (C=O) groups is 1. The van der Waals surface area contributed by atoms with Gasteiger partial charge in [-0.25, -0.2) is 5.84 Å². The lowest BCUT2D eigenvalue weighted by molar-refractivity contribution is -0.386. The number of amides is 1. The first-order valence-corrected chi connectivity index (χ1v) is 5.14. The van der Waals surface area contributed by atoms with Gasteiger partial charge in [-0.05, 0) is 19.9 Å². The van der Waals surface area contributed by atoms with E-state index in [9.17, 15) is 19.7 Å². The van der Waals surface area contributed by atoms with Crippen molar-refractivity contribution in [1.29, 1.82) is 0 Å². The van der Waals surface area contributed by atoms with Gasteiger partial charge in [-0.2, -0.15) is 0 Å². The zero-order chi connectivity index (χ0) is 13.9. The van der Waals surface area contributed by atoms with Crippen LogP contribution >= 0.6 is 0 Å². The Balaban J connectivity index is 3.14. The molecular formula is C10H14N4O4. The monoisotopic (exact) mass is 254 g/mol. The first-order valence-electron chi connectivity index (χ1n) is 5.14. The summed E-state index contributed by atoms with van der Waals surface area (Å²) in [7, 11) is 0. The fourth-order valence-electron chi connectivity index (χ4n) is 1.48. The summed E-state index contributed by atoms with van der Waals surface area (Å²) < 4.78 is 1.12. The number of aromatic nitrogens is 1. The molecule has 8 heteroatoms. The summed E-state index contributed by atoms with van der Waals surface area (Å²) in [5.41, 5.74) is -0.233. The van der Waals surface area contributed by atoms with Crippen LogP contribution in [0.1, 0.15) is 13.8 Å². The molecule has 18 heavy (non-hydrogen) atoms. The molecule has 0 bridgehead atoms. The number of hydrazine groups is 1. The van der Waals surface area contributed by atoms with Gasteiger partial charge in [0.15, 0.2) is 0 Å². The van der Waals surface area contributed by atoms with E-state index in [1.165, 1.54) is 12.3 Å². The summed E-state index contributed by atoms with van der Waals surface area (Å²) in [5.74, 6) is 4.58. The second-order valence-electron chi connectivity index (χ2n) is 4.44. The summed E-state index contributed by atoms with van der Waals surface area (Å²) in [4.78, 5) is 33.1. The molecule has 0 spiro atoms. The summed E-state index contributed by atoms with van der Waals surface area (Å²) >= 11 is 0. The smallest absolute Gasteiger partial charge is 0.309 e. The van der Waals surface area contributed by atoms with Crippen LogP contribution in [0.25, 0.3) is 0 Å². The van der Waals surface area contributed by atoms with E-state index >= 15 is 0 Å². The first kappa shape index (κ1) is 13.8. The Morgan fingerprint density at radius 1 is 1.61 bits per heavy atom. The van der Waals surface area contributed by atoms with E-state index in [-0.39, 0.29) is 6.54 Å². The SMILES string of the molecule is CC(C)(Cn1cccc([N+](=O)[O-])c1=O)C(=O)NN. The number of nitrogens with one attached hydrogen (secondary N) is 1. The maximum Gasteiger partial charge on any atom is 0.334 e. The standard InChI is InChI=1S/C10H14N4O4/c1-10(2,9(16)12-11)6-13-5-3-4-7(8(13)15)14(17)18/h3-5H,6,11H2,1-2H3,(H,12,16). The minimum absolute atomic E-state index is 0.00343. The molecule has 0 radical (unpaired) electrons. The van der Waals surface area contributed by atoms with Crippen molar-refractivity contribution in [3.8, 4) is 0 Å². The Morgan fingerprint density at radius 2 is 2.22 bits per heavy atom. The summed E-state index contributed by atoms with van der Waals surface area (Å²) in [6.07, 6.45) is 1.39. The van der Waals surface area contributed by atoms with Crippen LogP contribution in [-0.2, 0) is 11.3 Å². The maximum atomic E-state index is 11.8. The predicted molar refractivity (Wildman–Crippen MR) is 63.5 cm³/mol. The number of hydrogen-bond donors (Lipinski definition) is 2. The van der Waals surface area contributed by atoms with Crippen molar-refractivity contribution >= 4 is 11.6 Å². The molecule has 0 saturated carbocycles. The number of nitrogens with two attached hydrogens (primary N) is 1. The molecule has 1 aromatic rings. The molecule has 0 aromatic carbocycles. The number of nitro groups is 1. The molecule has 0 aliphatic carbocycles. The highest BCUT2D eigenvalue weighted by Gasteiger charge is 2.28. The predicted octanol–water partition coefficient (Wildman–Crippen LogP) is -0.227. The molecule has 1 aromatic heterocycles. The van der Waals surface area contributed by atoms with Gasteiger partial charge in [0.2, 0.25) is 5.91 Å². The summed E-state index contributed by atoms with van der Waals surface area (Å²) in [6, 6.07) is 2.50. The molecule has 3 N–H and O–H groups in total. The van der Waals surface area contributed by atoms with Crippen LogP contribution in [0.3, 0.4) is 0 Å². The lowest BCUT2D eigenvalue weighted by Gasteiger charge is -2.22. The largest absolute Gasteiger partial charge is 0.334 e. The van der Waals surface area contributed by atoms with Crippen molar-refractivity contribution < 1.29 is 9.72 Å². The quantitative estimate of drug-likeness (QED) is 0.333. The van der Waals surface area contributed by atoms with E-state index in [0.29, 0.717) is 0 Å². The maximum absolute atomic E-state index is 11.8. The lowest BCUT2D eigenvalue weighted by Crippen LogP contribution is -2.44. The summed E-state index contributed by atoms with van der Waals surface area (Å²) in [5, 5.41) is 10.6. The highest BCUT2D eigenvalue weighted by atomic mass is 16.6. The van der Waals surface area contributed by atoms with Crippen molar-refractivity contribution in [2.45, 2.75) is 20.4 Å². The van der Waals surface area contributed by atoms with Gasteiger partial charge in [-0.15, -0.1) is 0 Å². The normalized spacial score (nSPS) is 11.1. The van der Waals surface area contributed by atoms with Crippen molar-refractivity contribution in [3.63, 3.8) is 0 Å². The Hall–Kier alpha value is -2.22. The first-order chi connectivity index (χ1) is 8.29. The highest BCUT2D eigenvalue weighted by molar-refractivity contribution is 5.81. The molecule has 1 rings (SSSR count). The molecule has 0 fully saturated rings. The Morgan fingerprint density at radius 3 is 2.72 bits per heavy atom. The van der Waals surface area contributed by atoms with Gasteiger partial charge < -0.3 is 4.57 Å². The highest BCUT2D eigenvalue weighted by Crippen LogP contribution is 2.17. The molecule has 0 aliphatic rings.